The molecule has 0 aliphatic rings. The van der Waals surface area contributed by atoms with Crippen LogP contribution in [0.25, 0.3) is 0 Å². The Kier molecular flexibility index (Phi) is 23.1. The van der Waals surface area contributed by atoms with Gasteiger partial charge >= 0.3 is 10.4 Å². The number of unbranched alkanes of at least 4 members (excludes halogenated alkanes) is 18. The maximum absolute atomic E-state index is 11.0. The molecule has 0 heterocycles. The molecule has 0 aliphatic carbocycles. The highest BCUT2D eigenvalue weighted by Crippen LogP contribution is 2.17. The van der Waals surface area contributed by atoms with Gasteiger partial charge in [0.1, 0.15) is 13.2 Å². The molecule has 0 aromatic rings. The molecular formula is C28H60NO4S+. The Morgan fingerprint density at radius 3 is 1.15 bits per heavy atom. The summed E-state index contributed by atoms with van der Waals surface area (Å²) < 4.78 is 36.6. The summed E-state index contributed by atoms with van der Waals surface area (Å²) in [6.45, 7) is 10.6. The van der Waals surface area contributed by atoms with Gasteiger partial charge in [-0.3, -0.25) is 4.55 Å². The average Bonchev–Trinajstić information content (AvgIpc) is 2.80. The Hall–Kier alpha value is -0.170. The molecule has 0 bridgehead atoms. The van der Waals surface area contributed by atoms with Gasteiger partial charge in [0.05, 0.1) is 19.6 Å². The van der Waals surface area contributed by atoms with E-state index in [2.05, 4.69) is 20.8 Å². The molecule has 34 heavy (non-hydrogen) atoms. The first kappa shape index (κ1) is 33.8. The van der Waals surface area contributed by atoms with Crippen LogP contribution in [0.15, 0.2) is 0 Å². The van der Waals surface area contributed by atoms with Crippen LogP contribution in [0, 0.1) is 0 Å². The lowest BCUT2D eigenvalue weighted by Gasteiger charge is -2.38. The molecule has 0 radical (unpaired) electrons. The van der Waals surface area contributed by atoms with E-state index in [0.717, 1.165) is 24.1 Å². The third-order valence-electron chi connectivity index (χ3n) is 7.44. The van der Waals surface area contributed by atoms with Crippen molar-refractivity contribution in [1.82, 2.24) is 0 Å². The Labute approximate surface area is 214 Å². The molecule has 1 N–H and O–H groups in total. The van der Waals surface area contributed by atoms with Crippen LogP contribution in [0.5, 0.6) is 0 Å². The number of likely N-dealkylation sites (N-methyl/N-ethyl adjacent to an activating group) is 1. The van der Waals surface area contributed by atoms with Crippen LogP contribution in [0.3, 0.4) is 0 Å². The van der Waals surface area contributed by atoms with Crippen molar-refractivity contribution in [1.29, 1.82) is 0 Å². The third-order valence-corrected chi connectivity index (χ3v) is 7.91. The minimum atomic E-state index is -4.35. The highest BCUT2D eigenvalue weighted by atomic mass is 32.3. The predicted octanol–water partition coefficient (Wildman–Crippen LogP) is 8.48. The molecule has 0 saturated carbocycles. The van der Waals surface area contributed by atoms with E-state index < -0.39 is 10.4 Å². The maximum Gasteiger partial charge on any atom is 0.397 e. The van der Waals surface area contributed by atoms with E-state index in [0.29, 0.717) is 6.54 Å². The molecule has 0 aromatic carbocycles. The quantitative estimate of drug-likeness (QED) is 0.0689. The zero-order chi connectivity index (χ0) is 25.4. The van der Waals surface area contributed by atoms with Gasteiger partial charge in [0, 0.05) is 0 Å². The SMILES string of the molecule is CCCCCCCCCCCC[N+](CC)(CCCCCCCCCCCC)CCOS(=O)(=O)O. The van der Waals surface area contributed by atoms with Crippen LogP contribution in [0.2, 0.25) is 0 Å². The normalized spacial score (nSPS) is 12.5. The second-order valence-corrected chi connectivity index (χ2v) is 11.5. The average molecular weight is 507 g/mol. The number of rotatable bonds is 27. The van der Waals surface area contributed by atoms with E-state index in [1.165, 1.54) is 128 Å². The standard InChI is InChI=1S/C28H59NO4S/c1-4-7-9-11-13-15-17-19-21-23-25-29(6-3,27-28-33-34(30,31)32)26-24-22-20-18-16-14-12-10-8-5-2/h4-28H2,1-3H3/p+1. The van der Waals surface area contributed by atoms with E-state index >= 15 is 0 Å². The molecule has 0 aromatic heterocycles. The van der Waals surface area contributed by atoms with Crippen LogP contribution >= 0.6 is 0 Å². The van der Waals surface area contributed by atoms with Crippen molar-refractivity contribution in [2.24, 2.45) is 0 Å². The molecule has 0 spiro atoms. The monoisotopic (exact) mass is 506 g/mol. The summed E-state index contributed by atoms with van der Waals surface area (Å²) in [6, 6.07) is 0. The number of quaternary nitrogens is 1. The van der Waals surface area contributed by atoms with Gasteiger partial charge in [-0.1, -0.05) is 117 Å². The Bertz CT molecular complexity index is 500. The lowest BCUT2D eigenvalue weighted by Crippen LogP contribution is -2.51. The molecule has 0 aliphatic heterocycles. The summed E-state index contributed by atoms with van der Waals surface area (Å²) >= 11 is 0. The van der Waals surface area contributed by atoms with Crippen LogP contribution in [0.1, 0.15) is 149 Å². The van der Waals surface area contributed by atoms with Gasteiger partial charge in [-0.25, -0.2) is 4.18 Å². The van der Waals surface area contributed by atoms with Crippen LogP contribution < -0.4 is 0 Å². The summed E-state index contributed by atoms with van der Waals surface area (Å²) in [5.41, 5.74) is 0. The van der Waals surface area contributed by atoms with Crippen molar-refractivity contribution in [3.8, 4) is 0 Å². The van der Waals surface area contributed by atoms with Crippen molar-refractivity contribution in [3.63, 3.8) is 0 Å². The molecule has 0 fully saturated rings. The largest absolute Gasteiger partial charge is 0.397 e. The Balaban J connectivity index is 4.22. The van der Waals surface area contributed by atoms with Crippen molar-refractivity contribution in [2.75, 3.05) is 32.8 Å². The number of hydrogen-bond donors (Lipinski definition) is 1. The lowest BCUT2D eigenvalue weighted by molar-refractivity contribution is -0.927. The van der Waals surface area contributed by atoms with Crippen molar-refractivity contribution in [3.05, 3.63) is 0 Å². The van der Waals surface area contributed by atoms with Gasteiger partial charge in [0.2, 0.25) is 0 Å². The van der Waals surface area contributed by atoms with Gasteiger partial charge in [-0.15, -0.1) is 0 Å². The minimum Gasteiger partial charge on any atom is -0.322 e. The van der Waals surface area contributed by atoms with Crippen LogP contribution in [-0.4, -0.2) is 50.2 Å². The topological polar surface area (TPSA) is 63.6 Å². The second-order valence-electron chi connectivity index (χ2n) is 10.4. The molecule has 0 rings (SSSR count). The van der Waals surface area contributed by atoms with Crippen molar-refractivity contribution >= 4 is 10.4 Å². The summed E-state index contributed by atoms with van der Waals surface area (Å²) in [5.74, 6) is 0. The number of nitrogens with zero attached hydrogens (tertiary/aromatic N) is 1. The first-order chi connectivity index (χ1) is 16.4. The van der Waals surface area contributed by atoms with Crippen molar-refractivity contribution < 1.29 is 21.6 Å². The van der Waals surface area contributed by atoms with E-state index in [4.69, 9.17) is 8.74 Å². The highest BCUT2D eigenvalue weighted by Gasteiger charge is 2.25. The molecular weight excluding hydrogens is 446 g/mol. The fourth-order valence-electron chi connectivity index (χ4n) is 5.02. The molecule has 206 valence electrons. The lowest BCUT2D eigenvalue weighted by atomic mass is 10.1. The van der Waals surface area contributed by atoms with Gasteiger partial charge in [-0.05, 0) is 32.6 Å². The van der Waals surface area contributed by atoms with Gasteiger partial charge in [-0.2, -0.15) is 8.42 Å². The molecule has 0 atom stereocenters. The summed E-state index contributed by atoms with van der Waals surface area (Å²) in [7, 11) is -4.35. The zero-order valence-electron chi connectivity index (χ0n) is 23.2. The fraction of sp³-hybridized carbons (Fsp3) is 1.00. The molecule has 0 amide bonds. The van der Waals surface area contributed by atoms with Crippen molar-refractivity contribution in [2.45, 2.75) is 149 Å². The van der Waals surface area contributed by atoms with Gasteiger partial charge in [0.25, 0.3) is 0 Å². The van der Waals surface area contributed by atoms with Gasteiger partial charge < -0.3 is 4.48 Å². The summed E-state index contributed by atoms with van der Waals surface area (Å²) in [5, 5.41) is 0. The molecule has 0 saturated heterocycles. The molecule has 6 heteroatoms. The maximum atomic E-state index is 11.0. The fourth-order valence-corrected chi connectivity index (χ4v) is 5.30. The first-order valence-corrected chi connectivity index (χ1v) is 16.2. The smallest absolute Gasteiger partial charge is 0.322 e. The molecule has 0 unspecified atom stereocenters. The highest BCUT2D eigenvalue weighted by molar-refractivity contribution is 7.80. The Morgan fingerprint density at radius 2 is 0.853 bits per heavy atom. The Morgan fingerprint density at radius 1 is 0.529 bits per heavy atom. The van der Waals surface area contributed by atoms with E-state index in [1.54, 1.807) is 0 Å². The van der Waals surface area contributed by atoms with E-state index in [1.807, 2.05) is 0 Å². The number of hydrogen-bond acceptors (Lipinski definition) is 3. The molecule has 5 nitrogen and oxygen atoms in total. The summed E-state index contributed by atoms with van der Waals surface area (Å²) in [4.78, 5) is 0. The van der Waals surface area contributed by atoms with E-state index in [-0.39, 0.29) is 6.61 Å². The van der Waals surface area contributed by atoms with Gasteiger partial charge in [0.15, 0.2) is 0 Å². The zero-order valence-corrected chi connectivity index (χ0v) is 24.0. The third kappa shape index (κ3) is 22.3. The minimum absolute atomic E-state index is 0.0716. The summed E-state index contributed by atoms with van der Waals surface area (Å²) in [6.07, 6.45) is 26.5. The van der Waals surface area contributed by atoms with Crippen LogP contribution in [-0.2, 0) is 14.6 Å². The predicted molar refractivity (Wildman–Crippen MR) is 147 cm³/mol. The van der Waals surface area contributed by atoms with E-state index in [9.17, 15) is 8.42 Å². The first-order valence-electron chi connectivity index (χ1n) is 14.9. The van der Waals surface area contributed by atoms with Crippen LogP contribution in [0.4, 0.5) is 0 Å². The second kappa shape index (κ2) is 23.2.